The Morgan fingerprint density at radius 2 is 0.972 bits per heavy atom. The van der Waals surface area contributed by atoms with Crippen LogP contribution in [0.15, 0.2) is 72.8 Å². The number of carbonyl (C=O) groups is 5. The second-order valence-electron chi connectivity index (χ2n) is 22.1. The second-order valence-corrected chi connectivity index (χ2v) is 22.1. The summed E-state index contributed by atoms with van der Waals surface area (Å²) in [5.74, 6) is 0.303. The van der Waals surface area contributed by atoms with Crippen LogP contribution in [0.25, 0.3) is 10.8 Å². The Kier molecular flexibility index (Phi) is 16.1. The highest BCUT2D eigenvalue weighted by atomic mass is 16.6. The van der Waals surface area contributed by atoms with Gasteiger partial charge in [0.15, 0.2) is 0 Å². The number of alkyl carbamates (subject to hydrolysis) is 4. The first-order chi connectivity index (χ1) is 33.0. The Hall–Kier alpha value is -7.18. The Morgan fingerprint density at radius 1 is 0.549 bits per heavy atom. The molecule has 2 saturated heterocycles. The van der Waals surface area contributed by atoms with Crippen LogP contribution in [0, 0.1) is 0 Å². The standard InChI is InChI=1S/C52H71N9O10/c1-49(2,3)68-45(64)55-34-23-35(56-46(65)69-50(4,5)6)28-60(27-34)38-25-41(53-32-18-20-33(21-19-32)54-44(63)40-22-17-31-15-13-14-16-39(31)43(40)62)59-42(26-38)61-29-36(57-47(66)70-51(7,8)9)24-37(30-61)58-48(67)71-52(10,11)12/h13-22,25-26,34-37,62H,23-24,27-30H2,1-12H3,(H,53,59)(H,54,63)(H,55,64)(H,56,65)(H,57,66)(H,58,67)/t34-,35+,36-,37+. The third-order valence-corrected chi connectivity index (χ3v) is 10.8. The number of nitrogens with one attached hydrogen (secondary N) is 6. The van der Waals surface area contributed by atoms with E-state index >= 15 is 0 Å². The smallest absolute Gasteiger partial charge is 0.407 e. The average molecular weight is 982 g/mol. The van der Waals surface area contributed by atoms with Gasteiger partial charge in [-0.05, 0) is 132 Å². The number of rotatable bonds is 10. The van der Waals surface area contributed by atoms with Gasteiger partial charge in [-0.2, -0.15) is 0 Å². The number of phenolic OH excluding ortho intramolecular Hbond substituents is 1. The minimum Gasteiger partial charge on any atom is -0.506 e. The minimum atomic E-state index is -0.756. The first kappa shape index (κ1) is 53.2. The van der Waals surface area contributed by atoms with Crippen molar-refractivity contribution >= 4 is 69.8 Å². The molecule has 2 aliphatic rings. The van der Waals surface area contributed by atoms with Gasteiger partial charge in [-0.25, -0.2) is 24.2 Å². The van der Waals surface area contributed by atoms with E-state index in [1.807, 2.05) is 34.1 Å². The molecular weight excluding hydrogens is 911 g/mol. The number of anilines is 5. The van der Waals surface area contributed by atoms with Crippen LogP contribution in [-0.4, -0.2) is 113 Å². The summed E-state index contributed by atoms with van der Waals surface area (Å²) in [5.41, 5.74) is -1.11. The van der Waals surface area contributed by atoms with Crippen molar-refractivity contribution in [3.05, 3.63) is 78.4 Å². The third-order valence-electron chi connectivity index (χ3n) is 10.8. The summed E-state index contributed by atoms with van der Waals surface area (Å²) in [6.45, 7) is 22.6. The van der Waals surface area contributed by atoms with Crippen LogP contribution >= 0.6 is 0 Å². The van der Waals surface area contributed by atoms with Crippen molar-refractivity contribution in [1.29, 1.82) is 0 Å². The number of pyridine rings is 1. The quantitative estimate of drug-likeness (QED) is 0.0736. The van der Waals surface area contributed by atoms with E-state index in [-0.39, 0.29) is 24.4 Å². The highest BCUT2D eigenvalue weighted by Crippen LogP contribution is 2.33. The van der Waals surface area contributed by atoms with E-state index in [0.717, 1.165) is 5.39 Å². The molecule has 2 aliphatic heterocycles. The lowest BCUT2D eigenvalue weighted by molar-refractivity contribution is 0.0452. The van der Waals surface area contributed by atoms with Crippen molar-refractivity contribution in [3.8, 4) is 5.75 Å². The van der Waals surface area contributed by atoms with E-state index < -0.39 is 76.9 Å². The SMILES string of the molecule is CC(C)(C)OC(=O)N[C@@H]1C[C@H](NC(=O)OC(C)(C)C)CN(c2cc(Nc3ccc(NC(=O)c4ccc5ccccc5c4O)cc3)nc(N3C[C@H](NC(=O)OC(C)(C)C)C[C@H](NC(=O)OC(C)(C)C)C3)c2)C1. The number of phenols is 1. The van der Waals surface area contributed by atoms with Gasteiger partial charge in [0.1, 0.15) is 39.8 Å². The lowest BCUT2D eigenvalue weighted by Gasteiger charge is -2.41. The van der Waals surface area contributed by atoms with Crippen LogP contribution in [0.3, 0.4) is 0 Å². The zero-order chi connectivity index (χ0) is 52.1. The summed E-state index contributed by atoms with van der Waals surface area (Å²) in [6, 6.07) is 19.4. The fourth-order valence-electron chi connectivity index (χ4n) is 8.24. The molecular formula is C52H71N9O10. The van der Waals surface area contributed by atoms with Crippen LogP contribution in [0.1, 0.15) is 106 Å². The Labute approximate surface area is 416 Å². The fourth-order valence-corrected chi connectivity index (χ4v) is 8.24. The molecule has 0 bridgehead atoms. The molecule has 1 aromatic heterocycles. The van der Waals surface area contributed by atoms with Crippen LogP contribution in [0.5, 0.6) is 5.75 Å². The van der Waals surface area contributed by atoms with E-state index in [1.165, 1.54) is 0 Å². The molecule has 2 fully saturated rings. The summed E-state index contributed by atoms with van der Waals surface area (Å²) in [6.07, 6.45) is -1.69. The Bertz CT molecular complexity index is 2390. The first-order valence-corrected chi connectivity index (χ1v) is 23.9. The number of nitrogens with zero attached hydrogens (tertiary/aromatic N) is 3. The number of aromatic nitrogens is 1. The number of amides is 5. The van der Waals surface area contributed by atoms with Crippen LogP contribution in [0.4, 0.5) is 47.9 Å². The molecule has 19 heteroatoms. The van der Waals surface area contributed by atoms with Crippen molar-refractivity contribution in [2.45, 2.75) is 142 Å². The van der Waals surface area contributed by atoms with Crippen molar-refractivity contribution in [1.82, 2.24) is 26.3 Å². The van der Waals surface area contributed by atoms with Crippen molar-refractivity contribution in [3.63, 3.8) is 0 Å². The fraction of sp³-hybridized carbons (Fsp3) is 0.500. The first-order valence-electron chi connectivity index (χ1n) is 23.9. The maximum atomic E-state index is 13.4. The molecule has 0 saturated carbocycles. The predicted octanol–water partition coefficient (Wildman–Crippen LogP) is 8.93. The lowest BCUT2D eigenvalue weighted by Crippen LogP contribution is -2.58. The maximum Gasteiger partial charge on any atom is 0.407 e. The summed E-state index contributed by atoms with van der Waals surface area (Å²) >= 11 is 0. The van der Waals surface area contributed by atoms with Gasteiger partial charge < -0.3 is 65.8 Å². The molecule has 4 aromatic rings. The Balaban J connectivity index is 1.34. The van der Waals surface area contributed by atoms with Gasteiger partial charge >= 0.3 is 24.4 Å². The molecule has 71 heavy (non-hydrogen) atoms. The Morgan fingerprint density at radius 3 is 1.42 bits per heavy atom. The largest absolute Gasteiger partial charge is 0.506 e. The molecule has 0 spiro atoms. The zero-order valence-corrected chi connectivity index (χ0v) is 42.9. The molecule has 3 heterocycles. The third kappa shape index (κ3) is 16.5. The molecule has 0 unspecified atom stereocenters. The molecule has 3 aromatic carbocycles. The highest BCUT2D eigenvalue weighted by Gasteiger charge is 2.35. The number of aromatic hydroxyl groups is 1. The maximum absolute atomic E-state index is 13.4. The van der Waals surface area contributed by atoms with Gasteiger partial charge in [0.25, 0.3) is 5.91 Å². The molecule has 19 nitrogen and oxygen atoms in total. The van der Waals surface area contributed by atoms with Gasteiger partial charge in [0.2, 0.25) is 0 Å². The van der Waals surface area contributed by atoms with Gasteiger partial charge in [-0.3, -0.25) is 4.79 Å². The minimum absolute atomic E-state index is 0.110. The van der Waals surface area contributed by atoms with Crippen LogP contribution in [-0.2, 0) is 18.9 Å². The highest BCUT2D eigenvalue weighted by molar-refractivity contribution is 6.10. The van der Waals surface area contributed by atoms with Gasteiger partial charge in [-0.1, -0.05) is 30.3 Å². The van der Waals surface area contributed by atoms with Crippen molar-refractivity contribution < 1.29 is 48.0 Å². The van der Waals surface area contributed by atoms with E-state index in [9.17, 15) is 29.1 Å². The molecule has 7 N–H and O–H groups in total. The number of ether oxygens (including phenoxy) is 4. The molecule has 384 valence electrons. The zero-order valence-electron chi connectivity index (χ0n) is 42.9. The number of hydrogen-bond acceptors (Lipinski definition) is 14. The second kappa shape index (κ2) is 21.4. The number of fused-ring (bicyclic) bond motifs is 1. The van der Waals surface area contributed by atoms with Crippen molar-refractivity contribution in [2.75, 3.05) is 46.6 Å². The molecule has 6 rings (SSSR count). The number of benzene rings is 3. The summed E-state index contributed by atoms with van der Waals surface area (Å²) < 4.78 is 22.5. The average Bonchev–Trinajstić information content (AvgIpc) is 3.21. The van der Waals surface area contributed by atoms with Gasteiger partial charge in [-0.15, -0.1) is 0 Å². The molecule has 5 amide bonds. The number of hydrogen-bond donors (Lipinski definition) is 7. The normalized spacial score (nSPS) is 18.6. The summed E-state index contributed by atoms with van der Waals surface area (Å²) in [5, 5.41) is 30.5. The molecule has 0 radical (unpaired) electrons. The van der Waals surface area contributed by atoms with Crippen LogP contribution < -0.4 is 41.7 Å². The van der Waals surface area contributed by atoms with E-state index in [4.69, 9.17) is 23.9 Å². The van der Waals surface area contributed by atoms with Crippen molar-refractivity contribution in [2.24, 2.45) is 0 Å². The lowest BCUT2D eigenvalue weighted by atomic mass is 9.99. The monoisotopic (exact) mass is 982 g/mol. The molecule has 0 aliphatic carbocycles. The number of carbonyl (C=O) groups excluding carboxylic acids is 5. The topological polar surface area (TPSA) is 234 Å². The van der Waals surface area contributed by atoms with Crippen LogP contribution in [0.2, 0.25) is 0 Å². The van der Waals surface area contributed by atoms with Gasteiger partial charge in [0.05, 0.1) is 29.7 Å². The molecule has 4 atom stereocenters. The summed E-state index contributed by atoms with van der Waals surface area (Å²) in [7, 11) is 0. The van der Waals surface area contributed by atoms with E-state index in [0.29, 0.717) is 60.0 Å². The van der Waals surface area contributed by atoms with E-state index in [1.54, 1.807) is 132 Å². The predicted molar refractivity (Wildman–Crippen MR) is 274 cm³/mol. The van der Waals surface area contributed by atoms with Gasteiger partial charge in [0, 0.05) is 60.8 Å². The van der Waals surface area contributed by atoms with E-state index in [2.05, 4.69) is 31.9 Å². The summed E-state index contributed by atoms with van der Waals surface area (Å²) in [4.78, 5) is 75.2. The number of piperidine rings is 2.